The topological polar surface area (TPSA) is 78.6 Å². The highest BCUT2D eigenvalue weighted by molar-refractivity contribution is 7.12. The number of nitrogens with two attached hydrogens (primary N) is 1. The smallest absolute Gasteiger partial charge is 0.275 e. The van der Waals surface area contributed by atoms with E-state index in [0.717, 1.165) is 5.56 Å². The van der Waals surface area contributed by atoms with E-state index in [0.29, 0.717) is 18.0 Å². The Morgan fingerprint density at radius 1 is 1.75 bits per heavy atom. The molecule has 0 radical (unpaired) electrons. The number of amides is 1. The van der Waals surface area contributed by atoms with Gasteiger partial charge in [0.25, 0.3) is 5.91 Å². The zero-order chi connectivity index (χ0) is 12.1. The standard InChI is InChI=1S/C10H17N3O2S/c1-7(14)5-13(2)6-8-3-4-16-9(8)10(15)12-11/h3-4,7,14H,5-6,11H2,1-2H3,(H,12,15). The molecule has 4 N–H and O–H groups in total. The van der Waals surface area contributed by atoms with Crippen molar-refractivity contribution >= 4 is 17.2 Å². The van der Waals surface area contributed by atoms with Crippen molar-refractivity contribution in [2.75, 3.05) is 13.6 Å². The summed E-state index contributed by atoms with van der Waals surface area (Å²) in [6.07, 6.45) is -0.379. The summed E-state index contributed by atoms with van der Waals surface area (Å²) in [5.74, 6) is 4.83. The maximum atomic E-state index is 11.4. The lowest BCUT2D eigenvalue weighted by Gasteiger charge is -2.18. The summed E-state index contributed by atoms with van der Waals surface area (Å²) in [6.45, 7) is 2.92. The quantitative estimate of drug-likeness (QED) is 0.391. The number of likely N-dealkylation sites (N-methyl/N-ethyl adjacent to an activating group) is 1. The Kier molecular flexibility index (Phi) is 4.88. The number of carbonyl (C=O) groups excluding carboxylic acids is 1. The summed E-state index contributed by atoms with van der Waals surface area (Å²) in [5.41, 5.74) is 3.05. The summed E-state index contributed by atoms with van der Waals surface area (Å²) in [7, 11) is 1.90. The van der Waals surface area contributed by atoms with Crippen LogP contribution < -0.4 is 11.3 Å². The van der Waals surface area contributed by atoms with Gasteiger partial charge >= 0.3 is 0 Å². The second kappa shape index (κ2) is 5.95. The van der Waals surface area contributed by atoms with Gasteiger partial charge in [-0.05, 0) is 31.0 Å². The predicted octanol–water partition coefficient (Wildman–Crippen LogP) is 0.164. The number of aliphatic hydroxyl groups excluding tert-OH is 1. The Balaban J connectivity index is 2.66. The number of nitrogens with zero attached hydrogens (tertiary/aromatic N) is 1. The van der Waals surface area contributed by atoms with E-state index in [1.165, 1.54) is 11.3 Å². The van der Waals surface area contributed by atoms with Crippen LogP contribution in [0.15, 0.2) is 11.4 Å². The molecule has 0 aliphatic heterocycles. The number of hydrogen-bond acceptors (Lipinski definition) is 5. The number of nitrogens with one attached hydrogen (secondary N) is 1. The highest BCUT2D eigenvalue weighted by Gasteiger charge is 2.13. The maximum Gasteiger partial charge on any atom is 0.275 e. The molecule has 1 atom stereocenters. The fraction of sp³-hybridized carbons (Fsp3) is 0.500. The number of carbonyl (C=O) groups is 1. The van der Waals surface area contributed by atoms with Gasteiger partial charge in [-0.1, -0.05) is 0 Å². The largest absolute Gasteiger partial charge is 0.392 e. The van der Waals surface area contributed by atoms with E-state index in [1.54, 1.807) is 6.92 Å². The lowest BCUT2D eigenvalue weighted by atomic mass is 10.2. The molecule has 1 aromatic rings. The third-order valence-electron chi connectivity index (χ3n) is 2.10. The minimum absolute atomic E-state index is 0.268. The van der Waals surface area contributed by atoms with E-state index < -0.39 is 0 Å². The Morgan fingerprint density at radius 3 is 3.00 bits per heavy atom. The van der Waals surface area contributed by atoms with Crippen LogP contribution in [0.1, 0.15) is 22.2 Å². The van der Waals surface area contributed by atoms with E-state index in [9.17, 15) is 9.90 Å². The van der Waals surface area contributed by atoms with Crippen LogP contribution in [0.2, 0.25) is 0 Å². The van der Waals surface area contributed by atoms with Gasteiger partial charge < -0.3 is 5.11 Å². The average molecular weight is 243 g/mol. The molecule has 0 bridgehead atoms. The van der Waals surface area contributed by atoms with Crippen molar-refractivity contribution in [3.63, 3.8) is 0 Å². The van der Waals surface area contributed by atoms with E-state index in [4.69, 9.17) is 5.84 Å². The van der Waals surface area contributed by atoms with Gasteiger partial charge in [-0.25, -0.2) is 5.84 Å². The fourth-order valence-corrected chi connectivity index (χ4v) is 2.35. The zero-order valence-corrected chi connectivity index (χ0v) is 10.3. The first kappa shape index (κ1) is 13.1. The number of rotatable bonds is 5. The molecule has 1 rings (SSSR count). The Hall–Kier alpha value is -0.950. The minimum atomic E-state index is -0.379. The summed E-state index contributed by atoms with van der Waals surface area (Å²) < 4.78 is 0. The van der Waals surface area contributed by atoms with Crippen molar-refractivity contribution in [1.82, 2.24) is 10.3 Å². The van der Waals surface area contributed by atoms with Gasteiger partial charge in [0.1, 0.15) is 0 Å². The average Bonchev–Trinajstić information content (AvgIpc) is 2.63. The van der Waals surface area contributed by atoms with Crippen molar-refractivity contribution in [3.05, 3.63) is 21.9 Å². The van der Waals surface area contributed by atoms with Gasteiger partial charge in [-0.3, -0.25) is 15.1 Å². The van der Waals surface area contributed by atoms with Crippen LogP contribution in [-0.4, -0.2) is 35.6 Å². The zero-order valence-electron chi connectivity index (χ0n) is 9.43. The first-order valence-electron chi connectivity index (χ1n) is 4.98. The Morgan fingerprint density at radius 2 is 2.44 bits per heavy atom. The number of aliphatic hydroxyl groups is 1. The number of nitrogen functional groups attached to an aromatic ring is 1. The van der Waals surface area contributed by atoms with Crippen molar-refractivity contribution in [2.24, 2.45) is 5.84 Å². The molecule has 5 nitrogen and oxygen atoms in total. The van der Waals surface area contributed by atoms with Crippen LogP contribution in [0.4, 0.5) is 0 Å². The molecule has 0 spiro atoms. The molecular weight excluding hydrogens is 226 g/mol. The first-order valence-corrected chi connectivity index (χ1v) is 5.86. The molecule has 90 valence electrons. The Bertz CT molecular complexity index is 352. The van der Waals surface area contributed by atoms with Crippen molar-refractivity contribution < 1.29 is 9.90 Å². The monoisotopic (exact) mass is 243 g/mol. The molecule has 1 unspecified atom stereocenters. The predicted molar refractivity (Wildman–Crippen MR) is 64.0 cm³/mol. The van der Waals surface area contributed by atoms with Gasteiger partial charge in [0.2, 0.25) is 0 Å². The highest BCUT2D eigenvalue weighted by Crippen LogP contribution is 2.18. The number of hydrogen-bond donors (Lipinski definition) is 3. The summed E-state index contributed by atoms with van der Waals surface area (Å²) in [5, 5.41) is 11.1. The number of hydrazine groups is 1. The summed E-state index contributed by atoms with van der Waals surface area (Å²) in [6, 6.07) is 1.90. The third kappa shape index (κ3) is 3.57. The van der Waals surface area contributed by atoms with Gasteiger partial charge in [0.15, 0.2) is 0 Å². The van der Waals surface area contributed by atoms with Gasteiger partial charge in [0.05, 0.1) is 11.0 Å². The van der Waals surface area contributed by atoms with Gasteiger partial charge in [0, 0.05) is 13.1 Å². The maximum absolute atomic E-state index is 11.4. The molecule has 0 aliphatic carbocycles. The van der Waals surface area contributed by atoms with Crippen molar-refractivity contribution in [3.8, 4) is 0 Å². The van der Waals surface area contributed by atoms with Crippen LogP contribution in [-0.2, 0) is 6.54 Å². The molecule has 6 heteroatoms. The second-order valence-electron chi connectivity index (χ2n) is 3.79. The summed E-state index contributed by atoms with van der Waals surface area (Å²) in [4.78, 5) is 14.0. The molecule has 0 aliphatic rings. The van der Waals surface area contributed by atoms with Crippen LogP contribution in [0.25, 0.3) is 0 Å². The second-order valence-corrected chi connectivity index (χ2v) is 4.71. The molecule has 1 aromatic heterocycles. The van der Waals surface area contributed by atoms with E-state index in [1.807, 2.05) is 23.4 Å². The first-order chi connectivity index (χ1) is 7.54. The van der Waals surface area contributed by atoms with Crippen LogP contribution in [0.3, 0.4) is 0 Å². The molecule has 1 amide bonds. The molecule has 0 saturated heterocycles. The van der Waals surface area contributed by atoms with Crippen molar-refractivity contribution in [1.29, 1.82) is 0 Å². The summed E-state index contributed by atoms with van der Waals surface area (Å²) >= 11 is 1.36. The SMILES string of the molecule is CC(O)CN(C)Cc1ccsc1C(=O)NN. The fourth-order valence-electron chi connectivity index (χ4n) is 1.53. The molecule has 0 saturated carbocycles. The van der Waals surface area contributed by atoms with E-state index in [-0.39, 0.29) is 12.0 Å². The van der Waals surface area contributed by atoms with E-state index >= 15 is 0 Å². The van der Waals surface area contributed by atoms with Crippen LogP contribution >= 0.6 is 11.3 Å². The molecule has 0 fully saturated rings. The minimum Gasteiger partial charge on any atom is -0.392 e. The van der Waals surface area contributed by atoms with Gasteiger partial charge in [-0.2, -0.15) is 0 Å². The van der Waals surface area contributed by atoms with Crippen molar-refractivity contribution in [2.45, 2.75) is 19.6 Å². The molecule has 1 heterocycles. The molecular formula is C10H17N3O2S. The highest BCUT2D eigenvalue weighted by atomic mass is 32.1. The normalized spacial score (nSPS) is 12.8. The lowest BCUT2D eigenvalue weighted by Crippen LogP contribution is -2.31. The van der Waals surface area contributed by atoms with Gasteiger partial charge in [-0.15, -0.1) is 11.3 Å². The number of thiophene rings is 1. The van der Waals surface area contributed by atoms with E-state index in [2.05, 4.69) is 5.43 Å². The van der Waals surface area contributed by atoms with Crippen LogP contribution in [0, 0.1) is 0 Å². The molecule has 16 heavy (non-hydrogen) atoms. The Labute approximate surface area is 98.8 Å². The third-order valence-corrected chi connectivity index (χ3v) is 3.06. The van der Waals surface area contributed by atoms with Crippen LogP contribution in [0.5, 0.6) is 0 Å². The lowest BCUT2D eigenvalue weighted by molar-refractivity contribution is 0.0955. The molecule has 0 aromatic carbocycles.